The normalized spacial score (nSPS) is 29.6. The molecule has 3 atom stereocenters. The molecule has 0 radical (unpaired) electrons. The number of amides is 1. The molecule has 1 saturated carbocycles. The molecular formula is C15H25NO2S. The molecule has 0 bridgehead atoms. The third kappa shape index (κ3) is 3.33. The van der Waals surface area contributed by atoms with Crippen LogP contribution in [0, 0.1) is 11.8 Å². The molecule has 2 aliphatic rings. The van der Waals surface area contributed by atoms with E-state index in [0.29, 0.717) is 5.78 Å². The van der Waals surface area contributed by atoms with Gasteiger partial charge in [-0.05, 0) is 31.9 Å². The highest BCUT2D eigenvalue weighted by Gasteiger charge is 2.39. The second kappa shape index (κ2) is 6.78. The molecule has 0 aromatic rings. The van der Waals surface area contributed by atoms with Gasteiger partial charge in [-0.2, -0.15) is 11.8 Å². The van der Waals surface area contributed by atoms with Crippen LogP contribution in [-0.2, 0) is 9.59 Å². The van der Waals surface area contributed by atoms with Crippen molar-refractivity contribution in [1.29, 1.82) is 0 Å². The highest BCUT2D eigenvalue weighted by molar-refractivity contribution is 7.98. The number of ketones is 1. The average molecular weight is 283 g/mol. The first-order chi connectivity index (χ1) is 9.15. The van der Waals surface area contributed by atoms with Crippen molar-refractivity contribution in [2.45, 2.75) is 51.5 Å². The summed E-state index contributed by atoms with van der Waals surface area (Å²) in [6.07, 6.45) is 8.03. The van der Waals surface area contributed by atoms with E-state index in [1.165, 1.54) is 0 Å². The van der Waals surface area contributed by atoms with Gasteiger partial charge in [0.25, 0.3) is 0 Å². The molecule has 2 fully saturated rings. The maximum atomic E-state index is 12.5. The number of hydrogen-bond acceptors (Lipinski definition) is 3. The Hall–Kier alpha value is -0.510. The van der Waals surface area contributed by atoms with Crippen molar-refractivity contribution in [3.05, 3.63) is 0 Å². The van der Waals surface area contributed by atoms with Crippen LogP contribution in [0.3, 0.4) is 0 Å². The van der Waals surface area contributed by atoms with E-state index in [1.807, 2.05) is 18.1 Å². The lowest BCUT2D eigenvalue weighted by atomic mass is 9.81. The quantitative estimate of drug-likeness (QED) is 0.796. The Labute approximate surface area is 120 Å². The Morgan fingerprint density at radius 3 is 2.84 bits per heavy atom. The summed E-state index contributed by atoms with van der Waals surface area (Å²) < 4.78 is 0. The lowest BCUT2D eigenvalue weighted by molar-refractivity contribution is -0.138. The largest absolute Gasteiger partial charge is 0.339 e. The zero-order valence-electron chi connectivity index (χ0n) is 12.1. The first-order valence-electron chi connectivity index (χ1n) is 7.47. The van der Waals surface area contributed by atoms with Crippen LogP contribution in [0.25, 0.3) is 0 Å². The molecule has 1 heterocycles. The molecule has 0 spiro atoms. The predicted molar refractivity (Wildman–Crippen MR) is 79.2 cm³/mol. The van der Waals surface area contributed by atoms with Gasteiger partial charge >= 0.3 is 0 Å². The summed E-state index contributed by atoms with van der Waals surface area (Å²) in [5.74, 6) is 1.74. The van der Waals surface area contributed by atoms with Crippen LogP contribution in [0.4, 0.5) is 0 Å². The molecular weight excluding hydrogens is 258 g/mol. The Kier molecular flexibility index (Phi) is 5.31. The maximum absolute atomic E-state index is 12.5. The van der Waals surface area contributed by atoms with Crippen molar-refractivity contribution in [3.8, 4) is 0 Å². The van der Waals surface area contributed by atoms with E-state index in [1.54, 1.807) is 11.8 Å². The number of carbonyl (C=O) groups excluding carboxylic acids is 2. The van der Waals surface area contributed by atoms with Crippen LogP contribution in [0.15, 0.2) is 0 Å². The lowest BCUT2D eigenvalue weighted by Crippen LogP contribution is -2.46. The van der Waals surface area contributed by atoms with Gasteiger partial charge in [-0.3, -0.25) is 9.59 Å². The van der Waals surface area contributed by atoms with Gasteiger partial charge in [-0.1, -0.05) is 13.3 Å². The molecule has 19 heavy (non-hydrogen) atoms. The van der Waals surface area contributed by atoms with E-state index in [0.717, 1.165) is 50.8 Å². The van der Waals surface area contributed by atoms with E-state index in [-0.39, 0.29) is 23.8 Å². The molecule has 0 aromatic carbocycles. The second-order valence-corrected chi connectivity index (χ2v) is 6.83. The smallest absolute Gasteiger partial charge is 0.226 e. The fourth-order valence-electron chi connectivity index (χ4n) is 3.51. The van der Waals surface area contributed by atoms with Gasteiger partial charge in [0, 0.05) is 36.6 Å². The first kappa shape index (κ1) is 14.9. The van der Waals surface area contributed by atoms with Crippen molar-refractivity contribution >= 4 is 23.5 Å². The molecule has 108 valence electrons. The summed E-state index contributed by atoms with van der Waals surface area (Å²) in [4.78, 5) is 26.6. The highest BCUT2D eigenvalue weighted by Crippen LogP contribution is 2.33. The molecule has 1 saturated heterocycles. The fraction of sp³-hybridized carbons (Fsp3) is 0.867. The van der Waals surface area contributed by atoms with Gasteiger partial charge in [-0.25, -0.2) is 0 Å². The standard InChI is InChI=1S/C15H25NO2S/c1-11(10-19-2)15(18)16-9-5-7-13(16)12-6-3-4-8-14(12)17/h11-13H,3-10H2,1-2H3. The molecule has 1 amide bonds. The zero-order chi connectivity index (χ0) is 13.8. The Balaban J connectivity index is 2.03. The molecule has 1 aliphatic heterocycles. The van der Waals surface area contributed by atoms with Crippen LogP contribution in [-0.4, -0.2) is 41.2 Å². The molecule has 0 aromatic heterocycles. The SMILES string of the molecule is CSCC(C)C(=O)N1CCCC1C1CCCCC1=O. The van der Waals surface area contributed by atoms with Crippen molar-refractivity contribution < 1.29 is 9.59 Å². The summed E-state index contributed by atoms with van der Waals surface area (Å²) in [7, 11) is 0. The van der Waals surface area contributed by atoms with Crippen molar-refractivity contribution in [3.63, 3.8) is 0 Å². The van der Waals surface area contributed by atoms with Crippen molar-refractivity contribution in [2.75, 3.05) is 18.6 Å². The van der Waals surface area contributed by atoms with Gasteiger partial charge < -0.3 is 4.90 Å². The number of hydrogen-bond donors (Lipinski definition) is 0. The topological polar surface area (TPSA) is 37.4 Å². The summed E-state index contributed by atoms with van der Waals surface area (Å²) >= 11 is 1.72. The molecule has 4 heteroatoms. The van der Waals surface area contributed by atoms with Crippen LogP contribution in [0.2, 0.25) is 0 Å². The van der Waals surface area contributed by atoms with Gasteiger partial charge in [0.15, 0.2) is 0 Å². The molecule has 3 unspecified atom stereocenters. The van der Waals surface area contributed by atoms with Gasteiger partial charge in [-0.15, -0.1) is 0 Å². The number of carbonyl (C=O) groups is 2. The third-order valence-electron chi connectivity index (χ3n) is 4.49. The number of likely N-dealkylation sites (tertiary alicyclic amines) is 1. The molecule has 0 N–H and O–H groups in total. The van der Waals surface area contributed by atoms with E-state index in [2.05, 4.69) is 0 Å². The summed E-state index contributed by atoms with van der Waals surface area (Å²) in [5.41, 5.74) is 0. The molecule has 2 rings (SSSR count). The van der Waals surface area contributed by atoms with E-state index < -0.39 is 0 Å². The zero-order valence-corrected chi connectivity index (χ0v) is 12.9. The van der Waals surface area contributed by atoms with E-state index in [4.69, 9.17) is 0 Å². The van der Waals surface area contributed by atoms with E-state index in [9.17, 15) is 9.59 Å². The lowest BCUT2D eigenvalue weighted by Gasteiger charge is -2.34. The minimum Gasteiger partial charge on any atom is -0.339 e. The Morgan fingerprint density at radius 2 is 2.16 bits per heavy atom. The number of nitrogens with zero attached hydrogens (tertiary/aromatic N) is 1. The van der Waals surface area contributed by atoms with Crippen LogP contribution < -0.4 is 0 Å². The van der Waals surface area contributed by atoms with Crippen LogP contribution >= 0.6 is 11.8 Å². The number of rotatable bonds is 4. The van der Waals surface area contributed by atoms with Gasteiger partial charge in [0.05, 0.1) is 0 Å². The minimum atomic E-state index is 0.0780. The third-order valence-corrected chi connectivity index (χ3v) is 5.32. The second-order valence-electron chi connectivity index (χ2n) is 5.92. The van der Waals surface area contributed by atoms with Crippen molar-refractivity contribution in [1.82, 2.24) is 4.90 Å². The maximum Gasteiger partial charge on any atom is 0.226 e. The van der Waals surface area contributed by atoms with Gasteiger partial charge in [0.2, 0.25) is 5.91 Å². The number of thioether (sulfide) groups is 1. The van der Waals surface area contributed by atoms with Crippen LogP contribution in [0.1, 0.15) is 45.4 Å². The fourth-order valence-corrected chi connectivity index (χ4v) is 4.15. The predicted octanol–water partition coefficient (Wildman–Crippen LogP) is 2.74. The highest BCUT2D eigenvalue weighted by atomic mass is 32.2. The average Bonchev–Trinajstić information content (AvgIpc) is 2.87. The summed E-state index contributed by atoms with van der Waals surface area (Å²) in [6.45, 7) is 2.86. The Morgan fingerprint density at radius 1 is 1.37 bits per heavy atom. The van der Waals surface area contributed by atoms with E-state index >= 15 is 0 Å². The number of Topliss-reactive ketones (excluding diaryl/α,β-unsaturated/α-hetero) is 1. The Bertz CT molecular complexity index is 345. The molecule has 1 aliphatic carbocycles. The first-order valence-corrected chi connectivity index (χ1v) is 8.86. The summed E-state index contributed by atoms with van der Waals surface area (Å²) in [6, 6.07) is 0.199. The summed E-state index contributed by atoms with van der Waals surface area (Å²) in [5, 5.41) is 0. The van der Waals surface area contributed by atoms with Crippen molar-refractivity contribution in [2.24, 2.45) is 11.8 Å². The molecule has 3 nitrogen and oxygen atoms in total. The minimum absolute atomic E-state index is 0.0780. The van der Waals surface area contributed by atoms with Crippen LogP contribution in [0.5, 0.6) is 0 Å². The van der Waals surface area contributed by atoms with Gasteiger partial charge in [0.1, 0.15) is 5.78 Å². The monoisotopic (exact) mass is 283 g/mol.